The van der Waals surface area contributed by atoms with Gasteiger partial charge in [-0.25, -0.2) is 0 Å². The third-order valence-electron chi connectivity index (χ3n) is 2.81. The number of hydrogen-bond donors (Lipinski definition) is 1. The molecule has 1 aliphatic rings. The van der Waals surface area contributed by atoms with Gasteiger partial charge in [0.2, 0.25) is 0 Å². The van der Waals surface area contributed by atoms with Crippen molar-refractivity contribution in [3.63, 3.8) is 0 Å². The van der Waals surface area contributed by atoms with E-state index in [9.17, 15) is 0 Å². The third kappa shape index (κ3) is 3.29. The Morgan fingerprint density at radius 2 is 2.38 bits per heavy atom. The van der Waals surface area contributed by atoms with E-state index >= 15 is 0 Å². The summed E-state index contributed by atoms with van der Waals surface area (Å²) in [4.78, 5) is 2.44. The molecule has 0 aromatic carbocycles. The van der Waals surface area contributed by atoms with E-state index in [1.54, 1.807) is 5.54 Å². The second-order valence-electron chi connectivity index (χ2n) is 3.78. The fourth-order valence-corrected chi connectivity index (χ4v) is 2.10. The maximum atomic E-state index is 5.49. The molecule has 0 amide bonds. The van der Waals surface area contributed by atoms with Crippen molar-refractivity contribution in [2.45, 2.75) is 19.4 Å². The normalized spacial score (nSPS) is 31.3. The summed E-state index contributed by atoms with van der Waals surface area (Å²) in [7, 11) is 2.05. The van der Waals surface area contributed by atoms with Gasteiger partial charge >= 0.3 is 0 Å². The van der Waals surface area contributed by atoms with Crippen molar-refractivity contribution >= 4 is 11.6 Å². The van der Waals surface area contributed by atoms with Crippen LogP contribution >= 0.6 is 11.6 Å². The standard InChI is InChI=1S/C10H19ClN2/c1-9-8-13(6-3-5-11)7-4-10(9)12-2/h3,5,9-10,12H,4,6-8H2,1-2H3/b5-3+. The van der Waals surface area contributed by atoms with Gasteiger partial charge in [-0.15, -0.1) is 0 Å². The highest BCUT2D eigenvalue weighted by molar-refractivity contribution is 6.25. The van der Waals surface area contributed by atoms with Gasteiger partial charge in [0.25, 0.3) is 0 Å². The molecule has 1 N–H and O–H groups in total. The van der Waals surface area contributed by atoms with Crippen molar-refractivity contribution in [1.29, 1.82) is 0 Å². The molecular formula is C10H19ClN2. The Morgan fingerprint density at radius 1 is 1.62 bits per heavy atom. The zero-order chi connectivity index (χ0) is 9.68. The maximum absolute atomic E-state index is 5.49. The molecule has 2 nitrogen and oxygen atoms in total. The lowest BCUT2D eigenvalue weighted by molar-refractivity contribution is 0.165. The molecule has 0 aromatic rings. The molecule has 13 heavy (non-hydrogen) atoms. The van der Waals surface area contributed by atoms with Crippen LogP contribution in [0.5, 0.6) is 0 Å². The van der Waals surface area contributed by atoms with Gasteiger partial charge in [-0.2, -0.15) is 0 Å². The minimum Gasteiger partial charge on any atom is -0.317 e. The molecule has 1 saturated heterocycles. The first kappa shape index (κ1) is 11.0. The van der Waals surface area contributed by atoms with Crippen LogP contribution in [0.3, 0.4) is 0 Å². The lowest BCUT2D eigenvalue weighted by Gasteiger charge is -2.36. The van der Waals surface area contributed by atoms with E-state index in [0.29, 0.717) is 6.04 Å². The van der Waals surface area contributed by atoms with Crippen LogP contribution in [0.2, 0.25) is 0 Å². The molecule has 2 atom stereocenters. The molecular weight excluding hydrogens is 184 g/mol. The molecule has 0 saturated carbocycles. The highest BCUT2D eigenvalue weighted by atomic mass is 35.5. The van der Waals surface area contributed by atoms with E-state index in [2.05, 4.69) is 24.2 Å². The Morgan fingerprint density at radius 3 is 2.92 bits per heavy atom. The fraction of sp³-hybridized carbons (Fsp3) is 0.800. The molecule has 3 heteroatoms. The van der Waals surface area contributed by atoms with Gasteiger partial charge in [0.1, 0.15) is 0 Å². The van der Waals surface area contributed by atoms with Gasteiger partial charge in [0, 0.05) is 24.7 Å². The second-order valence-corrected chi connectivity index (χ2v) is 4.03. The summed E-state index contributed by atoms with van der Waals surface area (Å²) in [6, 6.07) is 0.691. The summed E-state index contributed by atoms with van der Waals surface area (Å²) in [6.07, 6.45) is 3.25. The van der Waals surface area contributed by atoms with E-state index in [4.69, 9.17) is 11.6 Å². The van der Waals surface area contributed by atoms with Crippen molar-refractivity contribution < 1.29 is 0 Å². The third-order valence-corrected chi connectivity index (χ3v) is 2.99. The lowest BCUT2D eigenvalue weighted by Crippen LogP contribution is -2.47. The number of nitrogens with one attached hydrogen (secondary N) is 1. The van der Waals surface area contributed by atoms with Crippen LogP contribution < -0.4 is 5.32 Å². The average molecular weight is 203 g/mol. The van der Waals surface area contributed by atoms with Crippen molar-refractivity contribution in [1.82, 2.24) is 10.2 Å². The molecule has 0 bridgehead atoms. The SMILES string of the molecule is CNC1CCN(C/C=C/Cl)CC1C. The number of piperidine rings is 1. The van der Waals surface area contributed by atoms with Crippen LogP contribution in [-0.4, -0.2) is 37.6 Å². The van der Waals surface area contributed by atoms with Crippen LogP contribution in [-0.2, 0) is 0 Å². The van der Waals surface area contributed by atoms with Crippen molar-refractivity contribution in [2.24, 2.45) is 5.92 Å². The van der Waals surface area contributed by atoms with Crippen molar-refractivity contribution in [2.75, 3.05) is 26.7 Å². The molecule has 0 radical (unpaired) electrons. The zero-order valence-corrected chi connectivity index (χ0v) is 9.22. The van der Waals surface area contributed by atoms with E-state index in [1.165, 1.54) is 19.5 Å². The van der Waals surface area contributed by atoms with Gasteiger partial charge in [-0.05, 0) is 25.9 Å². The Hall–Kier alpha value is -0.0500. The topological polar surface area (TPSA) is 15.3 Å². The number of nitrogens with zero attached hydrogens (tertiary/aromatic N) is 1. The summed E-state index contributed by atoms with van der Waals surface area (Å²) in [5, 5.41) is 3.36. The minimum atomic E-state index is 0.691. The zero-order valence-electron chi connectivity index (χ0n) is 8.46. The highest BCUT2D eigenvalue weighted by Crippen LogP contribution is 2.15. The Bertz CT molecular complexity index is 170. The molecule has 1 rings (SSSR count). The number of halogens is 1. The Labute approximate surface area is 85.9 Å². The molecule has 76 valence electrons. The van der Waals surface area contributed by atoms with Gasteiger partial charge in [0.15, 0.2) is 0 Å². The summed E-state index contributed by atoms with van der Waals surface area (Å²) in [5.74, 6) is 0.738. The van der Waals surface area contributed by atoms with Crippen LogP contribution in [0.15, 0.2) is 11.6 Å². The van der Waals surface area contributed by atoms with Gasteiger partial charge in [0.05, 0.1) is 0 Å². The van der Waals surface area contributed by atoms with Gasteiger partial charge < -0.3 is 5.32 Å². The molecule has 1 heterocycles. The predicted molar refractivity (Wildman–Crippen MR) is 58.1 cm³/mol. The molecule has 0 aliphatic carbocycles. The predicted octanol–water partition coefficient (Wildman–Crippen LogP) is 1.67. The van der Waals surface area contributed by atoms with E-state index in [0.717, 1.165) is 12.5 Å². The van der Waals surface area contributed by atoms with Crippen LogP contribution in [0, 0.1) is 5.92 Å². The summed E-state index contributed by atoms with van der Waals surface area (Å²) >= 11 is 5.49. The molecule has 1 aliphatic heterocycles. The van der Waals surface area contributed by atoms with Crippen LogP contribution in [0.4, 0.5) is 0 Å². The largest absolute Gasteiger partial charge is 0.317 e. The van der Waals surface area contributed by atoms with Crippen LogP contribution in [0.1, 0.15) is 13.3 Å². The van der Waals surface area contributed by atoms with E-state index in [1.807, 2.05) is 6.08 Å². The number of likely N-dealkylation sites (tertiary alicyclic amines) is 1. The minimum absolute atomic E-state index is 0.691. The highest BCUT2D eigenvalue weighted by Gasteiger charge is 2.23. The van der Waals surface area contributed by atoms with Gasteiger partial charge in [-0.1, -0.05) is 24.6 Å². The second kappa shape index (κ2) is 5.63. The number of hydrogen-bond acceptors (Lipinski definition) is 2. The molecule has 0 spiro atoms. The summed E-state index contributed by atoms with van der Waals surface area (Å²) in [6.45, 7) is 5.64. The quantitative estimate of drug-likeness (QED) is 0.749. The van der Waals surface area contributed by atoms with E-state index in [-0.39, 0.29) is 0 Å². The monoisotopic (exact) mass is 202 g/mol. The summed E-state index contributed by atoms with van der Waals surface area (Å²) < 4.78 is 0. The fourth-order valence-electron chi connectivity index (χ4n) is 2.02. The first-order chi connectivity index (χ1) is 6.27. The molecule has 0 aromatic heterocycles. The molecule has 2 unspecified atom stereocenters. The molecule has 1 fully saturated rings. The first-order valence-electron chi connectivity index (χ1n) is 4.92. The van der Waals surface area contributed by atoms with E-state index < -0.39 is 0 Å². The first-order valence-corrected chi connectivity index (χ1v) is 5.36. The van der Waals surface area contributed by atoms with Crippen molar-refractivity contribution in [3.05, 3.63) is 11.6 Å². The lowest BCUT2D eigenvalue weighted by atomic mass is 9.94. The summed E-state index contributed by atoms with van der Waals surface area (Å²) in [5.41, 5.74) is 1.61. The Balaban J connectivity index is 2.32. The Kier molecular flexibility index (Phi) is 4.78. The average Bonchev–Trinajstić information content (AvgIpc) is 2.15. The number of rotatable bonds is 3. The van der Waals surface area contributed by atoms with Gasteiger partial charge in [-0.3, -0.25) is 4.90 Å². The smallest absolute Gasteiger partial charge is 0.0174 e. The maximum Gasteiger partial charge on any atom is 0.0174 e. The van der Waals surface area contributed by atoms with Crippen molar-refractivity contribution in [3.8, 4) is 0 Å². The van der Waals surface area contributed by atoms with Crippen LogP contribution in [0.25, 0.3) is 0 Å².